The third kappa shape index (κ3) is 2.62. The van der Waals surface area contributed by atoms with Crippen LogP contribution in [0.1, 0.15) is 32.2 Å². The van der Waals surface area contributed by atoms with Crippen molar-refractivity contribution in [3.63, 3.8) is 0 Å². The number of aryl methyl sites for hydroxylation is 2. The molecule has 1 aliphatic heterocycles. The van der Waals surface area contributed by atoms with Crippen LogP contribution in [0.25, 0.3) is 0 Å². The Kier molecular flexibility index (Phi) is 3.87. The van der Waals surface area contributed by atoms with Crippen LogP contribution >= 0.6 is 0 Å². The molecule has 1 unspecified atom stereocenters. The Balaban J connectivity index is 2.21. The molecule has 1 aromatic heterocycles. The second-order valence-electron chi connectivity index (χ2n) is 4.71. The Morgan fingerprint density at radius 1 is 1.42 bits per heavy atom. The first kappa shape index (κ1) is 13.6. The zero-order valence-electron chi connectivity index (χ0n) is 11.6. The summed E-state index contributed by atoms with van der Waals surface area (Å²) in [5.74, 6) is -0.146. The van der Waals surface area contributed by atoms with E-state index in [0.29, 0.717) is 6.54 Å². The number of hydrogen-bond acceptors (Lipinski definition) is 3. The van der Waals surface area contributed by atoms with Crippen LogP contribution in [0.2, 0.25) is 0 Å². The van der Waals surface area contributed by atoms with Gasteiger partial charge in [-0.15, -0.1) is 0 Å². The molecule has 2 heterocycles. The van der Waals surface area contributed by atoms with E-state index in [4.69, 9.17) is 0 Å². The fourth-order valence-electron chi connectivity index (χ4n) is 2.26. The lowest BCUT2D eigenvalue weighted by Crippen LogP contribution is -2.56. The van der Waals surface area contributed by atoms with E-state index >= 15 is 0 Å². The quantitative estimate of drug-likeness (QED) is 0.851. The summed E-state index contributed by atoms with van der Waals surface area (Å²) in [6, 6.07) is 1.59. The van der Waals surface area contributed by atoms with Crippen molar-refractivity contribution in [2.45, 2.75) is 46.3 Å². The number of carbonyl (C=O) groups is 2. The number of carbonyl (C=O) groups excluding carboxylic acids is 2. The molecule has 0 saturated carbocycles. The molecule has 1 aliphatic rings. The normalized spacial score (nSPS) is 19.7. The van der Waals surface area contributed by atoms with Gasteiger partial charge in [0.2, 0.25) is 11.8 Å². The first-order valence-electron chi connectivity index (χ1n) is 6.69. The molecule has 1 N–H and O–H groups in total. The molecule has 0 aromatic carbocycles. The summed E-state index contributed by atoms with van der Waals surface area (Å²) in [4.78, 5) is 25.2. The molecule has 1 fully saturated rings. The molecule has 6 heteroatoms. The number of rotatable bonds is 4. The summed E-state index contributed by atoms with van der Waals surface area (Å²) in [5, 5.41) is 7.05. The molecule has 104 valence electrons. The molecular formula is C13H20N4O2. The highest BCUT2D eigenvalue weighted by molar-refractivity contribution is 5.94. The van der Waals surface area contributed by atoms with Gasteiger partial charge < -0.3 is 10.2 Å². The Morgan fingerprint density at radius 2 is 2.16 bits per heavy atom. The van der Waals surface area contributed by atoms with Crippen LogP contribution in [0.15, 0.2) is 6.07 Å². The van der Waals surface area contributed by atoms with E-state index in [1.165, 1.54) is 0 Å². The average Bonchev–Trinajstić information content (AvgIpc) is 2.81. The topological polar surface area (TPSA) is 67.2 Å². The molecule has 2 rings (SSSR count). The number of nitrogens with zero attached hydrogens (tertiary/aromatic N) is 3. The molecular weight excluding hydrogens is 244 g/mol. The van der Waals surface area contributed by atoms with Crippen LogP contribution in [0, 0.1) is 0 Å². The maximum atomic E-state index is 11.9. The van der Waals surface area contributed by atoms with E-state index in [-0.39, 0.29) is 18.4 Å². The van der Waals surface area contributed by atoms with Gasteiger partial charge in [0.05, 0.1) is 24.5 Å². The Bertz CT molecular complexity index is 495. The predicted molar refractivity (Wildman–Crippen MR) is 70.3 cm³/mol. The number of hydrogen-bond donors (Lipinski definition) is 1. The van der Waals surface area contributed by atoms with Gasteiger partial charge in [0.25, 0.3) is 0 Å². The van der Waals surface area contributed by atoms with E-state index in [9.17, 15) is 9.59 Å². The largest absolute Gasteiger partial charge is 0.345 e. The molecule has 2 amide bonds. The smallest absolute Gasteiger partial charge is 0.242 e. The van der Waals surface area contributed by atoms with Crippen LogP contribution in [0.5, 0.6) is 0 Å². The SMILES string of the molecule is CCc1cc(CN2C(=O)CNC(=O)C2C)n(CC)n1. The Labute approximate surface area is 112 Å². The lowest BCUT2D eigenvalue weighted by atomic mass is 10.2. The van der Waals surface area contributed by atoms with Crippen molar-refractivity contribution >= 4 is 11.8 Å². The van der Waals surface area contributed by atoms with Crippen LogP contribution < -0.4 is 5.32 Å². The second-order valence-corrected chi connectivity index (χ2v) is 4.71. The van der Waals surface area contributed by atoms with Crippen LogP contribution in [0.3, 0.4) is 0 Å². The Morgan fingerprint density at radius 3 is 2.79 bits per heavy atom. The van der Waals surface area contributed by atoms with Gasteiger partial charge in [0, 0.05) is 6.54 Å². The van der Waals surface area contributed by atoms with Crippen molar-refractivity contribution in [1.82, 2.24) is 20.0 Å². The summed E-state index contributed by atoms with van der Waals surface area (Å²) in [6.45, 7) is 7.11. The number of nitrogens with one attached hydrogen (secondary N) is 1. The third-order valence-corrected chi connectivity index (χ3v) is 3.49. The summed E-state index contributed by atoms with van der Waals surface area (Å²) < 4.78 is 1.89. The number of amides is 2. The van der Waals surface area contributed by atoms with E-state index in [0.717, 1.165) is 24.4 Å². The van der Waals surface area contributed by atoms with Gasteiger partial charge >= 0.3 is 0 Å². The highest BCUT2D eigenvalue weighted by atomic mass is 16.2. The standard InChI is InChI=1S/C13H20N4O2/c1-4-10-6-11(17(5-2)15-10)8-16-9(3)13(19)14-7-12(16)18/h6,9H,4-5,7-8H2,1-3H3,(H,14,19). The van der Waals surface area contributed by atoms with E-state index in [2.05, 4.69) is 10.4 Å². The van der Waals surface area contributed by atoms with Gasteiger partial charge in [0.15, 0.2) is 0 Å². The lowest BCUT2D eigenvalue weighted by molar-refractivity contribution is -0.145. The molecule has 19 heavy (non-hydrogen) atoms. The van der Waals surface area contributed by atoms with E-state index < -0.39 is 6.04 Å². The Hall–Kier alpha value is -1.85. The lowest BCUT2D eigenvalue weighted by Gasteiger charge is -2.32. The van der Waals surface area contributed by atoms with Crippen molar-refractivity contribution < 1.29 is 9.59 Å². The highest BCUT2D eigenvalue weighted by Gasteiger charge is 2.31. The van der Waals surface area contributed by atoms with Crippen molar-refractivity contribution in [1.29, 1.82) is 0 Å². The molecule has 0 aliphatic carbocycles. The van der Waals surface area contributed by atoms with Crippen LogP contribution in [0.4, 0.5) is 0 Å². The first-order valence-corrected chi connectivity index (χ1v) is 6.69. The van der Waals surface area contributed by atoms with Crippen molar-refractivity contribution in [3.8, 4) is 0 Å². The first-order chi connectivity index (χ1) is 9.06. The fourth-order valence-corrected chi connectivity index (χ4v) is 2.26. The van der Waals surface area contributed by atoms with Crippen molar-refractivity contribution in [2.75, 3.05) is 6.54 Å². The zero-order chi connectivity index (χ0) is 14.0. The van der Waals surface area contributed by atoms with Crippen molar-refractivity contribution in [2.24, 2.45) is 0 Å². The van der Waals surface area contributed by atoms with Gasteiger partial charge in [-0.25, -0.2) is 0 Å². The van der Waals surface area contributed by atoms with Gasteiger partial charge in [-0.2, -0.15) is 5.10 Å². The summed E-state index contributed by atoms with van der Waals surface area (Å²) in [7, 11) is 0. The van der Waals surface area contributed by atoms with Crippen LogP contribution in [-0.4, -0.2) is 39.1 Å². The van der Waals surface area contributed by atoms with Gasteiger partial charge in [-0.05, 0) is 26.3 Å². The second kappa shape index (κ2) is 5.42. The maximum absolute atomic E-state index is 11.9. The van der Waals surface area contributed by atoms with Gasteiger partial charge in [0.1, 0.15) is 6.04 Å². The minimum Gasteiger partial charge on any atom is -0.345 e. The van der Waals surface area contributed by atoms with Gasteiger partial charge in [-0.3, -0.25) is 14.3 Å². The molecule has 1 atom stereocenters. The summed E-state index contributed by atoms with van der Waals surface area (Å²) >= 11 is 0. The van der Waals surface area contributed by atoms with E-state index in [1.54, 1.807) is 11.8 Å². The molecule has 0 radical (unpaired) electrons. The predicted octanol–water partition coefficient (Wildman–Crippen LogP) is 0.312. The molecule has 1 saturated heterocycles. The maximum Gasteiger partial charge on any atom is 0.242 e. The van der Waals surface area contributed by atoms with Crippen molar-refractivity contribution in [3.05, 3.63) is 17.5 Å². The fraction of sp³-hybridized carbons (Fsp3) is 0.615. The minimum absolute atomic E-state index is 0.0472. The number of piperazine rings is 1. The molecule has 6 nitrogen and oxygen atoms in total. The summed E-state index contributed by atoms with van der Waals surface area (Å²) in [6.07, 6.45) is 0.865. The molecule has 0 spiro atoms. The molecule has 0 bridgehead atoms. The average molecular weight is 264 g/mol. The van der Waals surface area contributed by atoms with E-state index in [1.807, 2.05) is 24.6 Å². The monoisotopic (exact) mass is 264 g/mol. The summed E-state index contributed by atoms with van der Waals surface area (Å²) in [5.41, 5.74) is 1.99. The van der Waals surface area contributed by atoms with Gasteiger partial charge in [-0.1, -0.05) is 6.92 Å². The number of aromatic nitrogens is 2. The van der Waals surface area contributed by atoms with Crippen LogP contribution in [-0.2, 0) is 29.1 Å². The molecule has 1 aromatic rings. The third-order valence-electron chi connectivity index (χ3n) is 3.49. The zero-order valence-corrected chi connectivity index (χ0v) is 11.6. The highest BCUT2D eigenvalue weighted by Crippen LogP contribution is 2.13. The minimum atomic E-state index is -0.425.